The van der Waals surface area contributed by atoms with Crippen LogP contribution in [0.1, 0.15) is 49.9 Å². The number of carboxylic acids is 1. The van der Waals surface area contributed by atoms with Crippen LogP contribution < -0.4 is 4.74 Å². The molecule has 0 amide bonds. The van der Waals surface area contributed by atoms with Gasteiger partial charge in [0.05, 0.1) is 36.2 Å². The fraction of sp³-hybridized carbons (Fsp3) is 0.310. The van der Waals surface area contributed by atoms with Gasteiger partial charge in [-0.3, -0.25) is 5.01 Å². The average Bonchev–Trinajstić information content (AvgIpc) is 3.60. The van der Waals surface area contributed by atoms with Gasteiger partial charge in [0.2, 0.25) is 5.54 Å². The Balaban J connectivity index is 1.54. The largest absolute Gasteiger partial charge is 0.494 e. The molecule has 2 N–H and O–H groups in total. The zero-order valence-corrected chi connectivity index (χ0v) is 23.2. The van der Waals surface area contributed by atoms with Gasteiger partial charge < -0.3 is 19.4 Å². The third-order valence-corrected chi connectivity index (χ3v) is 7.14. The number of carbonyl (C=O) groups is 1. The van der Waals surface area contributed by atoms with E-state index in [0.717, 1.165) is 18.2 Å². The molecule has 0 aliphatic carbocycles. The smallest absolute Gasteiger partial charge is 0.417 e. The molecule has 9 nitrogen and oxygen atoms in total. The number of aliphatic carboxylic acids is 1. The SMILES string of the molecule is CCCOc1ccc(-c2cc(C(C(=O)O)(C(C)C)N3Cc4[nH]c(-c5cccc(F)c5F)nc4C=N3)on2)c(C(F)(F)F)c1. The Kier molecular flexibility index (Phi) is 7.71. The number of hydrazone groups is 1. The lowest BCUT2D eigenvalue weighted by molar-refractivity contribution is -0.159. The predicted molar refractivity (Wildman–Crippen MR) is 144 cm³/mol. The number of hydrogen-bond acceptors (Lipinski definition) is 7. The van der Waals surface area contributed by atoms with E-state index in [0.29, 0.717) is 12.1 Å². The van der Waals surface area contributed by atoms with Crippen molar-refractivity contribution in [3.8, 4) is 28.4 Å². The Morgan fingerprint density at radius 1 is 1.16 bits per heavy atom. The highest BCUT2D eigenvalue weighted by molar-refractivity contribution is 5.84. The number of ether oxygens (including phenoxy) is 1. The van der Waals surface area contributed by atoms with Crippen LogP contribution in [0, 0.1) is 17.6 Å². The number of benzene rings is 2. The van der Waals surface area contributed by atoms with E-state index in [4.69, 9.17) is 9.26 Å². The summed E-state index contributed by atoms with van der Waals surface area (Å²) in [5, 5.41) is 19.9. The van der Waals surface area contributed by atoms with E-state index in [9.17, 15) is 31.9 Å². The highest BCUT2D eigenvalue weighted by Gasteiger charge is 2.53. The van der Waals surface area contributed by atoms with Crippen molar-refractivity contribution >= 4 is 12.2 Å². The van der Waals surface area contributed by atoms with Gasteiger partial charge in [-0.05, 0) is 42.7 Å². The highest BCUT2D eigenvalue weighted by Crippen LogP contribution is 2.43. The normalized spacial score (nSPS) is 14.6. The number of fused-ring (bicyclic) bond motifs is 1. The number of nitrogens with zero attached hydrogens (tertiary/aromatic N) is 4. The second-order valence-electron chi connectivity index (χ2n) is 10.2. The van der Waals surface area contributed by atoms with Crippen molar-refractivity contribution in [3.05, 3.63) is 76.8 Å². The number of alkyl halides is 3. The summed E-state index contributed by atoms with van der Waals surface area (Å²) in [6, 6.07) is 8.19. The van der Waals surface area contributed by atoms with Crippen LogP contribution in [0.4, 0.5) is 22.0 Å². The van der Waals surface area contributed by atoms with Gasteiger partial charge in [0.25, 0.3) is 0 Å². The average molecular weight is 604 g/mol. The quantitative estimate of drug-likeness (QED) is 0.207. The minimum atomic E-state index is -4.77. The molecule has 0 radical (unpaired) electrons. The maximum Gasteiger partial charge on any atom is 0.417 e. The Hall–Kier alpha value is -4.75. The summed E-state index contributed by atoms with van der Waals surface area (Å²) in [5.74, 6) is -4.55. The van der Waals surface area contributed by atoms with Crippen LogP contribution in [0.2, 0.25) is 0 Å². The first-order chi connectivity index (χ1) is 20.4. The van der Waals surface area contributed by atoms with Crippen molar-refractivity contribution in [1.82, 2.24) is 20.1 Å². The lowest BCUT2D eigenvalue weighted by atomic mass is 9.82. The molecule has 0 fully saturated rings. The predicted octanol–water partition coefficient (Wildman–Crippen LogP) is 6.60. The van der Waals surface area contributed by atoms with Crippen LogP contribution in [0.25, 0.3) is 22.6 Å². The fourth-order valence-electron chi connectivity index (χ4n) is 5.04. The first-order valence-electron chi connectivity index (χ1n) is 13.3. The monoisotopic (exact) mass is 603 g/mol. The Morgan fingerprint density at radius 2 is 1.93 bits per heavy atom. The number of aromatic amines is 1. The lowest BCUT2D eigenvalue weighted by Crippen LogP contribution is -2.53. The molecule has 1 aliphatic heterocycles. The molecule has 226 valence electrons. The van der Waals surface area contributed by atoms with Crippen LogP contribution in [-0.2, 0) is 23.1 Å². The van der Waals surface area contributed by atoms with Gasteiger partial charge in [-0.25, -0.2) is 18.6 Å². The fourth-order valence-corrected chi connectivity index (χ4v) is 5.04. The molecule has 43 heavy (non-hydrogen) atoms. The van der Waals surface area contributed by atoms with Crippen LogP contribution in [0.15, 0.2) is 52.1 Å². The Bertz CT molecular complexity index is 1700. The van der Waals surface area contributed by atoms with E-state index in [-0.39, 0.29) is 53.0 Å². The molecule has 0 bridgehead atoms. The minimum Gasteiger partial charge on any atom is -0.494 e. The summed E-state index contributed by atoms with van der Waals surface area (Å²) in [6.45, 7) is 5.04. The highest BCUT2D eigenvalue weighted by atomic mass is 19.4. The summed E-state index contributed by atoms with van der Waals surface area (Å²) in [5.41, 5.74) is -3.12. The molecule has 0 saturated heterocycles. The summed E-state index contributed by atoms with van der Waals surface area (Å²) < 4.78 is 81.2. The molecular formula is C29H26F5N5O4. The van der Waals surface area contributed by atoms with Gasteiger partial charge >= 0.3 is 12.1 Å². The molecule has 2 aromatic carbocycles. The standard InChI is InChI=1S/C29H26F5N5O4/c1-4-10-42-16-8-9-17(19(11-16)29(32,33)34)21-12-24(43-38-21)28(15(2)3,27(40)41)39-14-23-22(13-35-39)36-26(37-23)18-6-5-7-20(30)25(18)31/h5-9,11-13,15H,4,10,14H2,1-3H3,(H,36,37)(H,40,41). The third-order valence-electron chi connectivity index (χ3n) is 7.14. The number of imidazole rings is 1. The van der Waals surface area contributed by atoms with Crippen molar-refractivity contribution in [2.45, 2.75) is 45.5 Å². The minimum absolute atomic E-state index is 0.00812. The molecule has 3 heterocycles. The first-order valence-corrected chi connectivity index (χ1v) is 13.3. The van der Waals surface area contributed by atoms with E-state index >= 15 is 0 Å². The van der Waals surface area contributed by atoms with Gasteiger partial charge in [0.1, 0.15) is 23.0 Å². The molecule has 2 aromatic heterocycles. The van der Waals surface area contributed by atoms with Crippen molar-refractivity contribution in [3.63, 3.8) is 0 Å². The zero-order valence-electron chi connectivity index (χ0n) is 23.2. The summed E-state index contributed by atoms with van der Waals surface area (Å²) in [4.78, 5) is 20.1. The van der Waals surface area contributed by atoms with Gasteiger partial charge in [-0.15, -0.1) is 0 Å². The van der Waals surface area contributed by atoms with E-state index in [1.807, 2.05) is 6.92 Å². The summed E-state index contributed by atoms with van der Waals surface area (Å²) in [7, 11) is 0. The molecule has 0 spiro atoms. The van der Waals surface area contributed by atoms with Gasteiger partial charge in [0.15, 0.2) is 17.4 Å². The van der Waals surface area contributed by atoms with E-state index < -0.39 is 40.8 Å². The van der Waals surface area contributed by atoms with Gasteiger partial charge in [0, 0.05) is 11.6 Å². The molecule has 1 unspecified atom stereocenters. The molecule has 1 atom stereocenters. The number of aromatic nitrogens is 3. The van der Waals surface area contributed by atoms with Crippen molar-refractivity contribution < 1.29 is 41.1 Å². The maximum atomic E-state index is 14.4. The number of carboxylic acid groups (broad SMARTS) is 1. The third kappa shape index (κ3) is 5.21. The van der Waals surface area contributed by atoms with E-state index in [2.05, 4.69) is 20.2 Å². The van der Waals surface area contributed by atoms with Gasteiger partial charge in [-0.2, -0.15) is 18.3 Å². The lowest BCUT2D eigenvalue weighted by Gasteiger charge is -2.40. The molecule has 5 rings (SSSR count). The second kappa shape index (κ2) is 11.2. The number of rotatable bonds is 9. The topological polar surface area (TPSA) is 117 Å². The molecular weight excluding hydrogens is 577 g/mol. The van der Waals surface area contributed by atoms with Gasteiger partial charge in [-0.1, -0.05) is 32.0 Å². The van der Waals surface area contributed by atoms with Crippen molar-refractivity contribution in [1.29, 1.82) is 0 Å². The number of H-pyrrole nitrogens is 1. The van der Waals surface area contributed by atoms with Crippen molar-refractivity contribution in [2.24, 2.45) is 11.0 Å². The first kappa shape index (κ1) is 29.7. The summed E-state index contributed by atoms with van der Waals surface area (Å²) in [6.07, 6.45) is -2.91. The van der Waals surface area contributed by atoms with Crippen LogP contribution >= 0.6 is 0 Å². The maximum absolute atomic E-state index is 14.4. The zero-order chi connectivity index (χ0) is 31.1. The number of halogens is 5. The van der Waals surface area contributed by atoms with Crippen LogP contribution in [-0.4, -0.2) is 44.0 Å². The number of nitrogens with one attached hydrogen (secondary N) is 1. The van der Waals surface area contributed by atoms with E-state index in [1.165, 1.54) is 35.5 Å². The Labute approximate surface area is 242 Å². The van der Waals surface area contributed by atoms with Crippen molar-refractivity contribution in [2.75, 3.05) is 6.61 Å². The second-order valence-corrected chi connectivity index (χ2v) is 10.2. The van der Waals surface area contributed by atoms with Crippen LogP contribution in [0.5, 0.6) is 5.75 Å². The molecule has 4 aromatic rings. The summed E-state index contributed by atoms with van der Waals surface area (Å²) >= 11 is 0. The molecule has 14 heteroatoms. The number of hydrogen-bond donors (Lipinski definition) is 2. The molecule has 0 saturated carbocycles. The van der Waals surface area contributed by atoms with E-state index in [1.54, 1.807) is 13.8 Å². The molecule has 1 aliphatic rings. The van der Waals surface area contributed by atoms with Crippen LogP contribution in [0.3, 0.4) is 0 Å². The Morgan fingerprint density at radius 3 is 2.60 bits per heavy atom.